The smallest absolute Gasteiger partial charge is 0.322 e. The van der Waals surface area contributed by atoms with E-state index in [9.17, 15) is 9.59 Å². The average Bonchev–Trinajstić information content (AvgIpc) is 3.40. The third-order valence-electron chi connectivity index (χ3n) is 4.85. The number of rotatable bonds is 4. The van der Waals surface area contributed by atoms with E-state index >= 15 is 0 Å². The summed E-state index contributed by atoms with van der Waals surface area (Å²) in [5, 5.41) is 9.99. The molecule has 2 aromatic carbocycles. The average molecular weight is 391 g/mol. The predicted molar refractivity (Wildman–Crippen MR) is 113 cm³/mol. The van der Waals surface area contributed by atoms with Crippen molar-refractivity contribution in [2.24, 2.45) is 0 Å². The number of amides is 3. The minimum absolute atomic E-state index is 0.111. The fraction of sp³-hybridized carbons (Fsp3) is 0.182. The van der Waals surface area contributed by atoms with Gasteiger partial charge in [0.05, 0.1) is 6.04 Å². The summed E-state index contributed by atoms with van der Waals surface area (Å²) in [5.74, 6) is -0.179. The lowest BCUT2D eigenvalue weighted by Crippen LogP contribution is -2.34. The van der Waals surface area contributed by atoms with E-state index in [0.29, 0.717) is 16.9 Å². The van der Waals surface area contributed by atoms with E-state index in [1.165, 1.54) is 5.56 Å². The third kappa shape index (κ3) is 4.07. The van der Waals surface area contributed by atoms with Crippen LogP contribution in [0.3, 0.4) is 0 Å². The van der Waals surface area contributed by atoms with Gasteiger partial charge in [0, 0.05) is 23.5 Å². The molecule has 0 spiro atoms. The second-order valence-corrected chi connectivity index (χ2v) is 7.52. The minimum Gasteiger partial charge on any atom is -0.322 e. The zero-order chi connectivity index (χ0) is 19.3. The number of benzene rings is 2. The standard InChI is InChI=1S/C22H21N3O2S/c26-21(16-6-2-1-3-7-16)23-18-8-4-9-19(14-18)24-22(27)25-12-5-10-20(25)17-11-13-28-15-17/h1-4,6-9,11,13-15,20H,5,10,12H2,(H,23,26)(H,24,27)/t20-/m1/s1. The molecule has 4 rings (SSSR count). The van der Waals surface area contributed by atoms with Gasteiger partial charge < -0.3 is 15.5 Å². The molecule has 1 saturated heterocycles. The number of likely N-dealkylation sites (tertiary alicyclic amines) is 1. The highest BCUT2D eigenvalue weighted by Crippen LogP contribution is 2.33. The van der Waals surface area contributed by atoms with Crippen molar-refractivity contribution in [1.29, 1.82) is 0 Å². The van der Waals surface area contributed by atoms with Gasteiger partial charge in [-0.25, -0.2) is 4.79 Å². The normalized spacial score (nSPS) is 16.0. The summed E-state index contributed by atoms with van der Waals surface area (Å²) in [7, 11) is 0. The lowest BCUT2D eigenvalue weighted by atomic mass is 10.1. The van der Waals surface area contributed by atoms with Gasteiger partial charge in [0.25, 0.3) is 5.91 Å². The highest BCUT2D eigenvalue weighted by Gasteiger charge is 2.30. The van der Waals surface area contributed by atoms with E-state index in [4.69, 9.17) is 0 Å². The Kier molecular flexibility index (Phi) is 5.39. The fourth-order valence-electron chi connectivity index (χ4n) is 3.48. The third-order valence-corrected chi connectivity index (χ3v) is 5.55. The van der Waals surface area contributed by atoms with E-state index in [1.807, 2.05) is 40.6 Å². The van der Waals surface area contributed by atoms with Crippen molar-refractivity contribution in [2.45, 2.75) is 18.9 Å². The lowest BCUT2D eigenvalue weighted by molar-refractivity contribution is 0.102. The molecular weight excluding hydrogens is 370 g/mol. The van der Waals surface area contributed by atoms with Gasteiger partial charge in [-0.2, -0.15) is 11.3 Å². The molecule has 2 N–H and O–H groups in total. The number of carbonyl (C=O) groups excluding carboxylic acids is 2. The van der Waals surface area contributed by atoms with Crippen molar-refractivity contribution < 1.29 is 9.59 Å². The predicted octanol–water partition coefficient (Wildman–Crippen LogP) is 5.37. The molecule has 0 radical (unpaired) electrons. The van der Waals surface area contributed by atoms with Gasteiger partial charge in [0.2, 0.25) is 0 Å². The van der Waals surface area contributed by atoms with E-state index in [-0.39, 0.29) is 18.0 Å². The monoisotopic (exact) mass is 391 g/mol. The Bertz CT molecular complexity index is 957. The van der Waals surface area contributed by atoms with Crippen molar-refractivity contribution in [3.63, 3.8) is 0 Å². The van der Waals surface area contributed by atoms with Gasteiger partial charge in [-0.05, 0) is 65.6 Å². The van der Waals surface area contributed by atoms with Crippen molar-refractivity contribution in [1.82, 2.24) is 4.90 Å². The quantitative estimate of drug-likeness (QED) is 0.628. The zero-order valence-corrected chi connectivity index (χ0v) is 16.1. The maximum Gasteiger partial charge on any atom is 0.322 e. The van der Waals surface area contributed by atoms with Gasteiger partial charge in [-0.3, -0.25) is 4.79 Å². The van der Waals surface area contributed by atoms with Crippen LogP contribution in [0, 0.1) is 0 Å². The summed E-state index contributed by atoms with van der Waals surface area (Å²) in [4.78, 5) is 27.0. The molecule has 1 aromatic heterocycles. The Morgan fingerprint density at radius 3 is 2.50 bits per heavy atom. The zero-order valence-electron chi connectivity index (χ0n) is 15.3. The van der Waals surface area contributed by atoms with Crippen LogP contribution >= 0.6 is 11.3 Å². The second-order valence-electron chi connectivity index (χ2n) is 6.74. The van der Waals surface area contributed by atoms with Gasteiger partial charge in [-0.15, -0.1) is 0 Å². The maximum atomic E-state index is 12.8. The van der Waals surface area contributed by atoms with E-state index in [0.717, 1.165) is 19.4 Å². The van der Waals surface area contributed by atoms with Gasteiger partial charge in [0.15, 0.2) is 0 Å². The topological polar surface area (TPSA) is 61.4 Å². The number of nitrogens with zero attached hydrogens (tertiary/aromatic N) is 1. The van der Waals surface area contributed by atoms with Gasteiger partial charge in [-0.1, -0.05) is 24.3 Å². The Balaban J connectivity index is 1.43. The molecule has 1 fully saturated rings. The van der Waals surface area contributed by atoms with Crippen LogP contribution in [0.15, 0.2) is 71.4 Å². The van der Waals surface area contributed by atoms with Crippen molar-refractivity contribution in [3.8, 4) is 0 Å². The minimum atomic E-state index is -0.179. The summed E-state index contributed by atoms with van der Waals surface area (Å²) in [5.41, 5.74) is 3.09. The van der Waals surface area contributed by atoms with Crippen LogP contribution in [0.4, 0.5) is 16.2 Å². The number of urea groups is 1. The lowest BCUT2D eigenvalue weighted by Gasteiger charge is -2.24. The van der Waals surface area contributed by atoms with E-state index < -0.39 is 0 Å². The molecule has 1 aliphatic heterocycles. The summed E-state index contributed by atoms with van der Waals surface area (Å²) < 4.78 is 0. The summed E-state index contributed by atoms with van der Waals surface area (Å²) in [6.45, 7) is 0.747. The van der Waals surface area contributed by atoms with E-state index in [2.05, 4.69) is 22.1 Å². The molecule has 1 atom stereocenters. The number of anilines is 2. The number of nitrogens with one attached hydrogen (secondary N) is 2. The first-order chi connectivity index (χ1) is 13.7. The first-order valence-corrected chi connectivity index (χ1v) is 10.2. The SMILES string of the molecule is O=C(Nc1cccc(NC(=O)N2CCC[C@@H]2c2ccsc2)c1)c1ccccc1. The molecule has 0 aliphatic carbocycles. The molecule has 28 heavy (non-hydrogen) atoms. The van der Waals surface area contributed by atoms with E-state index in [1.54, 1.807) is 35.6 Å². The maximum absolute atomic E-state index is 12.8. The molecule has 6 heteroatoms. The van der Waals surface area contributed by atoms with Crippen LogP contribution in [0.2, 0.25) is 0 Å². The van der Waals surface area contributed by atoms with Crippen molar-refractivity contribution in [3.05, 3.63) is 82.6 Å². The summed E-state index contributed by atoms with van der Waals surface area (Å²) >= 11 is 1.65. The Morgan fingerprint density at radius 2 is 1.75 bits per heavy atom. The molecule has 1 aliphatic rings. The number of carbonyl (C=O) groups is 2. The largest absolute Gasteiger partial charge is 0.322 e. The number of hydrogen-bond acceptors (Lipinski definition) is 3. The Morgan fingerprint density at radius 1 is 0.964 bits per heavy atom. The van der Waals surface area contributed by atoms with Gasteiger partial charge >= 0.3 is 6.03 Å². The molecule has 3 amide bonds. The molecule has 142 valence electrons. The highest BCUT2D eigenvalue weighted by atomic mass is 32.1. The molecule has 0 bridgehead atoms. The Hall–Kier alpha value is -3.12. The summed E-state index contributed by atoms with van der Waals surface area (Å²) in [6, 6.07) is 18.4. The van der Waals surface area contributed by atoms with Crippen LogP contribution in [-0.2, 0) is 0 Å². The van der Waals surface area contributed by atoms with Crippen molar-refractivity contribution in [2.75, 3.05) is 17.2 Å². The molecule has 5 nitrogen and oxygen atoms in total. The van der Waals surface area contributed by atoms with Gasteiger partial charge in [0.1, 0.15) is 0 Å². The molecule has 2 heterocycles. The summed E-state index contributed by atoms with van der Waals surface area (Å²) in [6.07, 6.45) is 1.98. The highest BCUT2D eigenvalue weighted by molar-refractivity contribution is 7.08. The number of thiophene rings is 1. The molecule has 3 aromatic rings. The fourth-order valence-corrected chi connectivity index (χ4v) is 4.19. The van der Waals surface area contributed by atoms with Crippen molar-refractivity contribution >= 4 is 34.6 Å². The van der Waals surface area contributed by atoms with Crippen LogP contribution in [-0.4, -0.2) is 23.4 Å². The molecular formula is C22H21N3O2S. The first-order valence-electron chi connectivity index (χ1n) is 9.27. The molecule has 0 unspecified atom stereocenters. The van der Waals surface area contributed by atoms with Crippen LogP contribution in [0.1, 0.15) is 34.8 Å². The second kappa shape index (κ2) is 8.27. The van der Waals surface area contributed by atoms with Crippen LogP contribution in [0.25, 0.3) is 0 Å². The first kappa shape index (κ1) is 18.3. The van der Waals surface area contributed by atoms with Crippen LogP contribution < -0.4 is 10.6 Å². The Labute approximate surface area is 168 Å². The van der Waals surface area contributed by atoms with Crippen LogP contribution in [0.5, 0.6) is 0 Å². The number of hydrogen-bond donors (Lipinski definition) is 2. The molecule has 0 saturated carbocycles.